The summed E-state index contributed by atoms with van der Waals surface area (Å²) >= 11 is 0. The molecule has 10 heavy (non-hydrogen) atoms. The fourth-order valence-electron chi connectivity index (χ4n) is 0.743. The maximum Gasteiger partial charge on any atom is 0.215 e. The highest BCUT2D eigenvalue weighted by atomic mass is 16.7. The molecule has 1 fully saturated rings. The van der Waals surface area contributed by atoms with E-state index < -0.39 is 12.1 Å². The van der Waals surface area contributed by atoms with Crippen LogP contribution in [0.25, 0.3) is 0 Å². The van der Waals surface area contributed by atoms with Gasteiger partial charge in [0, 0.05) is 0 Å². The van der Waals surface area contributed by atoms with Gasteiger partial charge in [-0.1, -0.05) is 0 Å². The third kappa shape index (κ3) is 1.46. The Morgan fingerprint density at radius 2 is 2.20 bits per heavy atom. The Balaban J connectivity index is 2.52. The number of hydrogen-bond acceptors (Lipinski definition) is 4. The lowest BCUT2D eigenvalue weighted by molar-refractivity contribution is -0.366. The summed E-state index contributed by atoms with van der Waals surface area (Å²) < 4.78 is 9.75. The van der Waals surface area contributed by atoms with Gasteiger partial charge in [0.05, 0.1) is 12.7 Å². The van der Waals surface area contributed by atoms with Crippen LogP contribution in [0.5, 0.6) is 0 Å². The van der Waals surface area contributed by atoms with Crippen LogP contribution in [0.2, 0.25) is 0 Å². The zero-order valence-electron chi connectivity index (χ0n) is 6.07. The van der Waals surface area contributed by atoms with Crippen molar-refractivity contribution in [2.24, 2.45) is 0 Å². The minimum atomic E-state index is -1.55. The van der Waals surface area contributed by atoms with Crippen LogP contribution in [0.15, 0.2) is 0 Å². The fourth-order valence-corrected chi connectivity index (χ4v) is 0.743. The summed E-state index contributed by atoms with van der Waals surface area (Å²) in [6.07, 6.45) is -1.40. The van der Waals surface area contributed by atoms with E-state index in [9.17, 15) is 0 Å². The van der Waals surface area contributed by atoms with Gasteiger partial charge in [0.25, 0.3) is 0 Å². The molecule has 60 valence electrons. The number of ether oxygens (including phenoxy) is 2. The minimum absolute atomic E-state index is 0.157. The molecule has 0 bridgehead atoms. The summed E-state index contributed by atoms with van der Waals surface area (Å²) in [6.45, 7) is 3.44. The Kier molecular flexibility index (Phi) is 1.96. The highest BCUT2D eigenvalue weighted by molar-refractivity contribution is 4.70. The Morgan fingerprint density at radius 3 is 2.60 bits per heavy atom. The van der Waals surface area contributed by atoms with Gasteiger partial charge >= 0.3 is 0 Å². The fraction of sp³-hybridized carbons (Fsp3) is 1.00. The molecule has 0 aromatic carbocycles. The zero-order chi connectivity index (χ0) is 7.78. The molecule has 1 heterocycles. The molecule has 0 aliphatic carbocycles. The molecule has 1 unspecified atom stereocenters. The Labute approximate surface area is 59.4 Å². The number of hydrogen-bond donors (Lipinski definition) is 2. The van der Waals surface area contributed by atoms with Gasteiger partial charge in [-0.3, -0.25) is 0 Å². The summed E-state index contributed by atoms with van der Waals surface area (Å²) in [4.78, 5) is 0. The average Bonchev–Trinajstić information content (AvgIpc) is 1.81. The van der Waals surface area contributed by atoms with Crippen molar-refractivity contribution in [2.45, 2.75) is 32.0 Å². The molecule has 0 amide bonds. The van der Waals surface area contributed by atoms with Crippen LogP contribution in [0.4, 0.5) is 0 Å². The highest BCUT2D eigenvalue weighted by Gasteiger charge is 2.37. The van der Waals surface area contributed by atoms with E-state index in [0.29, 0.717) is 6.61 Å². The molecule has 0 saturated carbocycles. The summed E-state index contributed by atoms with van der Waals surface area (Å²) in [6, 6.07) is 0. The van der Waals surface area contributed by atoms with Gasteiger partial charge in [-0.2, -0.15) is 0 Å². The number of rotatable bonds is 0. The quantitative estimate of drug-likeness (QED) is 0.484. The molecule has 0 aromatic heterocycles. The topological polar surface area (TPSA) is 58.9 Å². The lowest BCUT2D eigenvalue weighted by atomic mass is 10.2. The van der Waals surface area contributed by atoms with E-state index in [-0.39, 0.29) is 6.10 Å². The summed E-state index contributed by atoms with van der Waals surface area (Å²) in [5.41, 5.74) is 0. The zero-order valence-corrected chi connectivity index (χ0v) is 6.07. The van der Waals surface area contributed by atoms with Gasteiger partial charge in [0.15, 0.2) is 0 Å². The first-order valence-electron chi connectivity index (χ1n) is 3.22. The number of aliphatic hydroxyl groups is 2. The first-order chi connectivity index (χ1) is 4.52. The molecule has 1 aliphatic rings. The third-order valence-corrected chi connectivity index (χ3v) is 1.43. The van der Waals surface area contributed by atoms with Crippen LogP contribution in [-0.2, 0) is 9.47 Å². The lowest BCUT2D eigenvalue weighted by Crippen LogP contribution is -2.51. The molecule has 4 nitrogen and oxygen atoms in total. The van der Waals surface area contributed by atoms with E-state index >= 15 is 0 Å². The molecular weight excluding hydrogens is 136 g/mol. The van der Waals surface area contributed by atoms with Crippen molar-refractivity contribution < 1.29 is 19.7 Å². The van der Waals surface area contributed by atoms with Crippen LogP contribution in [-0.4, -0.2) is 35.0 Å². The van der Waals surface area contributed by atoms with Crippen molar-refractivity contribution >= 4 is 0 Å². The second-order valence-electron chi connectivity index (χ2n) is 2.66. The largest absolute Gasteiger partial charge is 0.364 e. The predicted octanol–water partition coefficient (Wildman–Crippen LogP) is -0.551. The van der Waals surface area contributed by atoms with Crippen molar-refractivity contribution in [2.75, 3.05) is 6.61 Å². The van der Waals surface area contributed by atoms with Crippen LogP contribution in [0, 0.1) is 0 Å². The van der Waals surface area contributed by atoms with Crippen LogP contribution in [0.3, 0.4) is 0 Å². The van der Waals surface area contributed by atoms with Crippen molar-refractivity contribution in [3.8, 4) is 0 Å². The normalized spacial score (nSPS) is 49.2. The average molecular weight is 148 g/mol. The lowest BCUT2D eigenvalue weighted by Gasteiger charge is -2.36. The van der Waals surface area contributed by atoms with Gasteiger partial charge in [-0.15, -0.1) is 0 Å². The summed E-state index contributed by atoms with van der Waals surface area (Å²) in [5, 5.41) is 18.2. The van der Waals surface area contributed by atoms with E-state index in [2.05, 4.69) is 0 Å². The second kappa shape index (κ2) is 2.47. The molecule has 1 saturated heterocycles. The van der Waals surface area contributed by atoms with Crippen LogP contribution >= 0.6 is 0 Å². The predicted molar refractivity (Wildman–Crippen MR) is 33.1 cm³/mol. The first-order valence-corrected chi connectivity index (χ1v) is 3.22. The smallest absolute Gasteiger partial charge is 0.215 e. The van der Waals surface area contributed by atoms with Crippen molar-refractivity contribution in [3.63, 3.8) is 0 Å². The molecule has 1 rings (SSSR count). The summed E-state index contributed by atoms with van der Waals surface area (Å²) in [5.74, 6) is -1.55. The highest BCUT2D eigenvalue weighted by Crippen LogP contribution is 2.20. The van der Waals surface area contributed by atoms with Gasteiger partial charge in [-0.25, -0.2) is 0 Å². The van der Waals surface area contributed by atoms with E-state index in [4.69, 9.17) is 19.7 Å². The van der Waals surface area contributed by atoms with Crippen LogP contribution in [0.1, 0.15) is 13.8 Å². The van der Waals surface area contributed by atoms with E-state index in [1.54, 1.807) is 6.92 Å². The van der Waals surface area contributed by atoms with Crippen molar-refractivity contribution in [1.82, 2.24) is 0 Å². The molecule has 0 spiro atoms. The Hall–Kier alpha value is -0.160. The monoisotopic (exact) mass is 148 g/mol. The van der Waals surface area contributed by atoms with Gasteiger partial charge < -0.3 is 19.7 Å². The molecule has 0 aromatic rings. The van der Waals surface area contributed by atoms with Crippen LogP contribution < -0.4 is 0 Å². The van der Waals surface area contributed by atoms with Crippen molar-refractivity contribution in [1.29, 1.82) is 0 Å². The van der Waals surface area contributed by atoms with E-state index in [1.807, 2.05) is 0 Å². The van der Waals surface area contributed by atoms with E-state index in [0.717, 1.165) is 0 Å². The van der Waals surface area contributed by atoms with Crippen molar-refractivity contribution in [3.05, 3.63) is 0 Å². The second-order valence-corrected chi connectivity index (χ2v) is 2.66. The molecule has 2 N–H and O–H groups in total. The van der Waals surface area contributed by atoms with E-state index in [1.165, 1.54) is 6.92 Å². The summed E-state index contributed by atoms with van der Waals surface area (Å²) in [7, 11) is 0. The molecular formula is C6H12O4. The van der Waals surface area contributed by atoms with Gasteiger partial charge in [-0.05, 0) is 13.8 Å². The first kappa shape index (κ1) is 7.94. The molecule has 1 aliphatic heterocycles. The third-order valence-electron chi connectivity index (χ3n) is 1.43. The minimum Gasteiger partial charge on any atom is -0.364 e. The standard InChI is InChI=1S/C6H12O4/c1-4-3-9-6(2,8)5(7)10-4/h4-5,7-8H,3H2,1-2H3/t4?,5-,6-/m1/s1. The Bertz CT molecular complexity index is 123. The van der Waals surface area contributed by atoms with Gasteiger partial charge in [0.1, 0.15) is 0 Å². The Morgan fingerprint density at radius 1 is 1.60 bits per heavy atom. The molecule has 3 atom stereocenters. The molecule has 4 heteroatoms. The van der Waals surface area contributed by atoms with Gasteiger partial charge in [0.2, 0.25) is 12.1 Å². The maximum absolute atomic E-state index is 9.16. The maximum atomic E-state index is 9.16. The molecule has 0 radical (unpaired) electrons. The number of aliphatic hydroxyl groups excluding tert-OH is 1. The SMILES string of the molecule is CC1CO[C@@](C)(O)[C@H](O)O1.